The molecule has 8 heteroatoms. The molecule has 1 fully saturated rings. The average molecular weight is 369 g/mol. The molecule has 142 valence electrons. The minimum atomic E-state index is -4.84. The van der Waals surface area contributed by atoms with Gasteiger partial charge >= 0.3 is 12.1 Å². The Balaban J connectivity index is 2.22. The molecule has 1 aromatic carbocycles. The number of aliphatic imine (C=N–C) groups is 1. The number of halogens is 3. The highest BCUT2D eigenvalue weighted by Crippen LogP contribution is 2.32. The van der Waals surface area contributed by atoms with Gasteiger partial charge in [-0.15, -0.1) is 0 Å². The summed E-state index contributed by atoms with van der Waals surface area (Å²) in [5.41, 5.74) is 2.26. The number of anilines is 1. The van der Waals surface area contributed by atoms with E-state index in [1.165, 1.54) is 0 Å². The smallest absolute Gasteiger partial charge is 0.368 e. The van der Waals surface area contributed by atoms with Gasteiger partial charge in [-0.2, -0.15) is 13.2 Å². The topological polar surface area (TPSA) is 53.0 Å². The summed E-state index contributed by atoms with van der Waals surface area (Å²) in [5, 5.41) is 0. The van der Waals surface area contributed by atoms with Gasteiger partial charge in [-0.25, -0.2) is 0 Å². The fourth-order valence-corrected chi connectivity index (χ4v) is 2.75. The van der Waals surface area contributed by atoms with Gasteiger partial charge in [0.05, 0.1) is 11.9 Å². The molecule has 0 saturated carbocycles. The van der Waals surface area contributed by atoms with Crippen molar-refractivity contribution in [2.45, 2.75) is 32.4 Å². The Kier molecular flexibility index (Phi) is 5.73. The Hall–Kier alpha value is -2.38. The molecule has 1 aliphatic rings. The van der Waals surface area contributed by atoms with E-state index in [1.807, 2.05) is 37.8 Å². The number of nitrogens with zero attached hydrogens (tertiary/aromatic N) is 3. The molecule has 26 heavy (non-hydrogen) atoms. The minimum absolute atomic E-state index is 0.00499. The van der Waals surface area contributed by atoms with Crippen LogP contribution >= 0.6 is 0 Å². The summed E-state index contributed by atoms with van der Waals surface area (Å²) < 4.78 is 37.7. The summed E-state index contributed by atoms with van der Waals surface area (Å²) in [6, 6.07) is 5.64. The van der Waals surface area contributed by atoms with Crippen molar-refractivity contribution in [2.24, 2.45) is 4.99 Å². The number of carbonyl (C=O) groups is 2. The number of aldehydes is 1. The molecular formula is C18H22F3N3O2. The van der Waals surface area contributed by atoms with Crippen molar-refractivity contribution in [3.63, 3.8) is 0 Å². The van der Waals surface area contributed by atoms with Crippen molar-refractivity contribution in [3.05, 3.63) is 23.8 Å². The predicted molar refractivity (Wildman–Crippen MR) is 94.2 cm³/mol. The molecule has 0 radical (unpaired) electrons. The standard InChI is InChI=1S/C18H22F3N3O2/c1-17(2,3)13-10-14(22-4-9-25)12-15(11-13)23-5-7-24(8-6-23)16(26)18(19,20)21/h4,9-12H,5-8H2,1-3H3. The molecule has 5 nitrogen and oxygen atoms in total. The van der Waals surface area contributed by atoms with Gasteiger partial charge in [0.2, 0.25) is 0 Å². The molecule has 0 aromatic heterocycles. The van der Waals surface area contributed by atoms with E-state index in [2.05, 4.69) is 4.99 Å². The van der Waals surface area contributed by atoms with Crippen LogP contribution in [0.15, 0.2) is 23.2 Å². The van der Waals surface area contributed by atoms with Crippen LogP contribution in [0, 0.1) is 0 Å². The third-order valence-corrected chi connectivity index (χ3v) is 4.23. The first-order chi connectivity index (χ1) is 12.0. The Morgan fingerprint density at radius 1 is 1.08 bits per heavy atom. The van der Waals surface area contributed by atoms with Gasteiger partial charge in [0, 0.05) is 31.9 Å². The second kappa shape index (κ2) is 7.47. The zero-order valence-corrected chi connectivity index (χ0v) is 15.0. The largest absolute Gasteiger partial charge is 0.471 e. The minimum Gasteiger partial charge on any atom is -0.368 e. The van der Waals surface area contributed by atoms with Crippen LogP contribution in [-0.2, 0) is 15.0 Å². The summed E-state index contributed by atoms with van der Waals surface area (Å²) in [6.45, 7) is 6.73. The summed E-state index contributed by atoms with van der Waals surface area (Å²) in [5.74, 6) is -1.79. The monoisotopic (exact) mass is 369 g/mol. The molecule has 1 aliphatic heterocycles. The lowest BCUT2D eigenvalue weighted by Crippen LogP contribution is -2.52. The number of hydrogen-bond acceptors (Lipinski definition) is 4. The lowest BCUT2D eigenvalue weighted by Gasteiger charge is -2.37. The molecular weight excluding hydrogens is 347 g/mol. The van der Waals surface area contributed by atoms with E-state index in [1.54, 1.807) is 6.07 Å². The average Bonchev–Trinajstić information content (AvgIpc) is 2.57. The highest BCUT2D eigenvalue weighted by atomic mass is 19.4. The van der Waals surface area contributed by atoms with Crippen LogP contribution in [0.25, 0.3) is 0 Å². The van der Waals surface area contributed by atoms with Crippen LogP contribution in [0.3, 0.4) is 0 Å². The maximum Gasteiger partial charge on any atom is 0.471 e. The van der Waals surface area contributed by atoms with Crippen molar-refractivity contribution in [1.82, 2.24) is 4.90 Å². The summed E-state index contributed by atoms with van der Waals surface area (Å²) >= 11 is 0. The molecule has 0 aliphatic carbocycles. The Morgan fingerprint density at radius 3 is 2.19 bits per heavy atom. The lowest BCUT2D eigenvalue weighted by molar-refractivity contribution is -0.185. The number of hydrogen-bond donors (Lipinski definition) is 0. The van der Waals surface area contributed by atoms with Crippen LogP contribution in [-0.4, -0.2) is 55.7 Å². The molecule has 0 bridgehead atoms. The van der Waals surface area contributed by atoms with Gasteiger partial charge in [-0.05, 0) is 29.2 Å². The SMILES string of the molecule is CC(C)(C)c1cc(N=CC=O)cc(N2CCN(C(=O)C(F)(F)F)CC2)c1. The molecule has 0 N–H and O–H groups in total. The summed E-state index contributed by atoms with van der Waals surface area (Å²) in [6.07, 6.45) is -3.10. The second-order valence-electron chi connectivity index (χ2n) is 7.18. The van der Waals surface area contributed by atoms with Gasteiger partial charge in [0.15, 0.2) is 6.29 Å². The second-order valence-corrected chi connectivity index (χ2v) is 7.18. The van der Waals surface area contributed by atoms with Crippen LogP contribution in [0.4, 0.5) is 24.5 Å². The fourth-order valence-electron chi connectivity index (χ4n) is 2.75. The first-order valence-corrected chi connectivity index (χ1v) is 8.27. The zero-order valence-electron chi connectivity index (χ0n) is 15.0. The molecule has 2 rings (SSSR count). The van der Waals surface area contributed by atoms with Crippen molar-refractivity contribution >= 4 is 29.8 Å². The number of benzene rings is 1. The first-order valence-electron chi connectivity index (χ1n) is 8.27. The highest BCUT2D eigenvalue weighted by molar-refractivity contribution is 6.13. The van der Waals surface area contributed by atoms with E-state index in [4.69, 9.17) is 0 Å². The number of rotatable bonds is 3. The van der Waals surface area contributed by atoms with Crippen molar-refractivity contribution < 1.29 is 22.8 Å². The maximum atomic E-state index is 12.6. The highest BCUT2D eigenvalue weighted by Gasteiger charge is 2.43. The maximum absolute atomic E-state index is 12.6. The van der Waals surface area contributed by atoms with Crippen LogP contribution in [0.5, 0.6) is 0 Å². The van der Waals surface area contributed by atoms with E-state index in [0.717, 1.165) is 22.4 Å². The number of carbonyl (C=O) groups excluding carboxylic acids is 2. The van der Waals surface area contributed by atoms with Crippen molar-refractivity contribution in [3.8, 4) is 0 Å². The number of piperazine rings is 1. The van der Waals surface area contributed by atoms with Crippen molar-refractivity contribution in [1.29, 1.82) is 0 Å². The Morgan fingerprint density at radius 2 is 1.69 bits per heavy atom. The van der Waals surface area contributed by atoms with Gasteiger partial charge < -0.3 is 9.80 Å². The van der Waals surface area contributed by atoms with Gasteiger partial charge in [-0.3, -0.25) is 14.6 Å². The molecule has 0 atom stereocenters. The zero-order chi connectivity index (χ0) is 19.5. The third-order valence-electron chi connectivity index (χ3n) is 4.23. The summed E-state index contributed by atoms with van der Waals surface area (Å²) in [4.78, 5) is 28.7. The molecule has 0 unspecified atom stereocenters. The predicted octanol–water partition coefficient (Wildman–Crippen LogP) is 3.10. The van der Waals surface area contributed by atoms with Gasteiger partial charge in [0.1, 0.15) is 0 Å². The number of amides is 1. The lowest BCUT2D eigenvalue weighted by atomic mass is 9.86. The first kappa shape index (κ1) is 19.9. The summed E-state index contributed by atoms with van der Waals surface area (Å²) in [7, 11) is 0. The van der Waals surface area contributed by atoms with E-state index < -0.39 is 12.1 Å². The Bertz CT molecular complexity index is 701. The molecule has 0 spiro atoms. The van der Waals surface area contributed by atoms with E-state index in [9.17, 15) is 22.8 Å². The molecule has 1 aromatic rings. The van der Waals surface area contributed by atoms with Crippen LogP contribution < -0.4 is 4.90 Å². The van der Waals surface area contributed by atoms with Crippen molar-refractivity contribution in [2.75, 3.05) is 31.1 Å². The van der Waals surface area contributed by atoms with Gasteiger partial charge in [0.25, 0.3) is 0 Å². The van der Waals surface area contributed by atoms with E-state index >= 15 is 0 Å². The quantitative estimate of drug-likeness (QED) is 0.608. The fraction of sp³-hybridized carbons (Fsp3) is 0.500. The number of alkyl halides is 3. The van der Waals surface area contributed by atoms with Crippen LogP contribution in [0.1, 0.15) is 26.3 Å². The van der Waals surface area contributed by atoms with E-state index in [0.29, 0.717) is 25.1 Å². The Labute approximate surface area is 150 Å². The molecule has 1 amide bonds. The molecule has 1 heterocycles. The van der Waals surface area contributed by atoms with E-state index in [-0.39, 0.29) is 18.5 Å². The van der Waals surface area contributed by atoms with Crippen LogP contribution in [0.2, 0.25) is 0 Å². The third kappa shape index (κ3) is 4.83. The molecule has 1 saturated heterocycles. The normalized spacial score (nSPS) is 16.2. The van der Waals surface area contributed by atoms with Gasteiger partial charge in [-0.1, -0.05) is 20.8 Å².